The zero-order valence-electron chi connectivity index (χ0n) is 13.7. The number of hydrogen-bond donors (Lipinski definition) is 1. The largest absolute Gasteiger partial charge is 0.341 e. The fraction of sp³-hybridized carbons (Fsp3) is 0.500. The summed E-state index contributed by atoms with van der Waals surface area (Å²) in [6.07, 6.45) is 4.10. The predicted octanol–water partition coefficient (Wildman–Crippen LogP) is 1.07. The first-order valence-electron chi connectivity index (χ1n) is 7.69. The number of carbonyl (C=O) groups is 3. The minimum atomic E-state index is -0.762. The van der Waals surface area contributed by atoms with Crippen molar-refractivity contribution in [2.75, 3.05) is 13.6 Å². The summed E-state index contributed by atoms with van der Waals surface area (Å²) < 4.78 is 0. The van der Waals surface area contributed by atoms with Crippen LogP contribution in [-0.4, -0.2) is 52.3 Å². The van der Waals surface area contributed by atoms with Crippen molar-refractivity contribution >= 4 is 17.8 Å². The molecule has 0 radical (unpaired) electrons. The van der Waals surface area contributed by atoms with Crippen LogP contribution in [0.3, 0.4) is 0 Å². The van der Waals surface area contributed by atoms with Crippen molar-refractivity contribution in [1.29, 1.82) is 0 Å². The molecule has 1 aliphatic heterocycles. The average molecular weight is 318 g/mol. The Bertz CT molecular complexity index is 617. The summed E-state index contributed by atoms with van der Waals surface area (Å²) in [7, 11) is 1.69. The van der Waals surface area contributed by atoms with Crippen LogP contribution in [0.5, 0.6) is 0 Å². The lowest BCUT2D eigenvalue weighted by Gasteiger charge is -2.19. The van der Waals surface area contributed by atoms with E-state index < -0.39 is 12.1 Å². The first-order chi connectivity index (χ1) is 10.9. The van der Waals surface area contributed by atoms with E-state index in [0.29, 0.717) is 19.5 Å². The molecule has 2 rings (SSSR count). The maximum atomic E-state index is 12.3. The van der Waals surface area contributed by atoms with Gasteiger partial charge in [-0.05, 0) is 30.5 Å². The van der Waals surface area contributed by atoms with E-state index in [1.54, 1.807) is 24.3 Å². The molecule has 1 fully saturated rings. The van der Waals surface area contributed by atoms with Crippen LogP contribution in [0.15, 0.2) is 18.5 Å². The topological polar surface area (TPSA) is 82.6 Å². The van der Waals surface area contributed by atoms with E-state index in [0.717, 1.165) is 11.1 Å². The van der Waals surface area contributed by atoms with Gasteiger partial charge in [0.2, 0.25) is 5.91 Å². The normalized spacial score (nSPS) is 17.3. The lowest BCUT2D eigenvalue weighted by molar-refractivity contribution is -0.135. The van der Waals surface area contributed by atoms with E-state index in [-0.39, 0.29) is 18.2 Å². The Morgan fingerprint density at radius 3 is 2.83 bits per heavy atom. The maximum absolute atomic E-state index is 12.3. The first-order valence-corrected chi connectivity index (χ1v) is 7.69. The second kappa shape index (κ2) is 7.21. The SMILES string of the molecule is CCCN1C(=O)NC(CC(=O)N(C)Cc2ccncc2C)C1=O. The molecule has 1 N–H and O–H groups in total. The van der Waals surface area contributed by atoms with E-state index in [1.807, 2.05) is 19.9 Å². The van der Waals surface area contributed by atoms with Crippen LogP contribution >= 0.6 is 0 Å². The van der Waals surface area contributed by atoms with E-state index in [1.165, 1.54) is 4.90 Å². The summed E-state index contributed by atoms with van der Waals surface area (Å²) in [5, 5.41) is 2.58. The van der Waals surface area contributed by atoms with Crippen molar-refractivity contribution in [2.45, 2.75) is 39.3 Å². The summed E-state index contributed by atoms with van der Waals surface area (Å²) in [4.78, 5) is 42.9. The summed E-state index contributed by atoms with van der Waals surface area (Å²) in [5.74, 6) is -0.503. The Kier molecular flexibility index (Phi) is 5.31. The number of rotatable bonds is 6. The molecule has 0 aromatic carbocycles. The Balaban J connectivity index is 1.95. The highest BCUT2D eigenvalue weighted by Crippen LogP contribution is 2.13. The Morgan fingerprint density at radius 1 is 1.43 bits per heavy atom. The van der Waals surface area contributed by atoms with Gasteiger partial charge in [0.1, 0.15) is 6.04 Å². The number of pyridine rings is 1. The summed E-state index contributed by atoms with van der Waals surface area (Å²) >= 11 is 0. The second-order valence-corrected chi connectivity index (χ2v) is 5.75. The number of nitrogens with one attached hydrogen (secondary N) is 1. The highest BCUT2D eigenvalue weighted by molar-refractivity contribution is 6.05. The molecule has 0 spiro atoms. The molecule has 2 heterocycles. The number of hydrogen-bond acceptors (Lipinski definition) is 4. The van der Waals surface area contributed by atoms with Gasteiger partial charge in [-0.3, -0.25) is 19.5 Å². The average Bonchev–Trinajstić information content (AvgIpc) is 2.77. The lowest BCUT2D eigenvalue weighted by atomic mass is 10.1. The van der Waals surface area contributed by atoms with E-state index >= 15 is 0 Å². The minimum Gasteiger partial charge on any atom is -0.341 e. The van der Waals surface area contributed by atoms with E-state index in [4.69, 9.17) is 0 Å². The third-order valence-electron chi connectivity index (χ3n) is 3.90. The monoisotopic (exact) mass is 318 g/mol. The van der Waals surface area contributed by atoms with Crippen LogP contribution in [0, 0.1) is 6.92 Å². The molecule has 7 nitrogen and oxygen atoms in total. The quantitative estimate of drug-likeness (QED) is 0.795. The molecule has 7 heteroatoms. The molecule has 1 saturated heterocycles. The van der Waals surface area contributed by atoms with Crippen LogP contribution in [0.25, 0.3) is 0 Å². The van der Waals surface area contributed by atoms with Gasteiger partial charge in [0.15, 0.2) is 0 Å². The molecular weight excluding hydrogens is 296 g/mol. The number of imide groups is 1. The molecule has 1 atom stereocenters. The number of nitrogens with zero attached hydrogens (tertiary/aromatic N) is 3. The van der Waals surface area contributed by atoms with Gasteiger partial charge < -0.3 is 10.2 Å². The number of carbonyl (C=O) groups excluding carboxylic acids is 3. The molecular formula is C16H22N4O3. The third-order valence-corrected chi connectivity index (χ3v) is 3.90. The van der Waals surface area contributed by atoms with Crippen molar-refractivity contribution < 1.29 is 14.4 Å². The Morgan fingerprint density at radius 2 is 2.17 bits per heavy atom. The van der Waals surface area contributed by atoms with Crippen molar-refractivity contribution in [3.63, 3.8) is 0 Å². The minimum absolute atomic E-state index is 0.0224. The number of amides is 4. The van der Waals surface area contributed by atoms with Gasteiger partial charge in [-0.1, -0.05) is 6.92 Å². The fourth-order valence-corrected chi connectivity index (χ4v) is 2.50. The van der Waals surface area contributed by atoms with Gasteiger partial charge in [0.25, 0.3) is 5.91 Å². The van der Waals surface area contributed by atoms with E-state index in [9.17, 15) is 14.4 Å². The van der Waals surface area contributed by atoms with Crippen molar-refractivity contribution in [3.8, 4) is 0 Å². The van der Waals surface area contributed by atoms with Crippen LogP contribution < -0.4 is 5.32 Å². The fourth-order valence-electron chi connectivity index (χ4n) is 2.50. The highest BCUT2D eigenvalue weighted by atomic mass is 16.2. The van der Waals surface area contributed by atoms with Gasteiger partial charge in [-0.2, -0.15) is 0 Å². The molecule has 0 bridgehead atoms. The van der Waals surface area contributed by atoms with Crippen LogP contribution in [0.4, 0.5) is 4.79 Å². The van der Waals surface area contributed by atoms with Gasteiger partial charge >= 0.3 is 6.03 Å². The Hall–Kier alpha value is -2.44. The van der Waals surface area contributed by atoms with Crippen LogP contribution in [0.2, 0.25) is 0 Å². The summed E-state index contributed by atoms with van der Waals surface area (Å²) in [6.45, 7) is 4.65. The van der Waals surface area contributed by atoms with Crippen LogP contribution in [-0.2, 0) is 16.1 Å². The molecule has 4 amide bonds. The smallest absolute Gasteiger partial charge is 0.324 e. The number of urea groups is 1. The molecule has 1 aromatic heterocycles. The second-order valence-electron chi connectivity index (χ2n) is 5.75. The highest BCUT2D eigenvalue weighted by Gasteiger charge is 2.38. The third kappa shape index (κ3) is 3.85. The molecule has 23 heavy (non-hydrogen) atoms. The molecule has 1 aliphatic rings. The maximum Gasteiger partial charge on any atom is 0.324 e. The zero-order chi connectivity index (χ0) is 17.0. The van der Waals surface area contributed by atoms with E-state index in [2.05, 4.69) is 10.3 Å². The van der Waals surface area contributed by atoms with Gasteiger partial charge in [-0.15, -0.1) is 0 Å². The molecule has 0 aliphatic carbocycles. The van der Waals surface area contributed by atoms with Crippen molar-refractivity contribution in [3.05, 3.63) is 29.6 Å². The lowest BCUT2D eigenvalue weighted by Crippen LogP contribution is -2.37. The summed E-state index contributed by atoms with van der Waals surface area (Å²) in [5.41, 5.74) is 2.01. The standard InChI is InChI=1S/C16H22N4O3/c1-4-7-20-15(22)13(18-16(20)23)8-14(21)19(3)10-12-5-6-17-9-11(12)2/h5-6,9,13H,4,7-8,10H2,1-3H3,(H,18,23). The van der Waals surface area contributed by atoms with Gasteiger partial charge in [0, 0.05) is 32.5 Å². The zero-order valence-corrected chi connectivity index (χ0v) is 13.7. The van der Waals surface area contributed by atoms with Gasteiger partial charge in [0.05, 0.1) is 6.42 Å². The number of aromatic nitrogens is 1. The van der Waals surface area contributed by atoms with Crippen molar-refractivity contribution in [1.82, 2.24) is 20.1 Å². The van der Waals surface area contributed by atoms with Crippen molar-refractivity contribution in [2.24, 2.45) is 0 Å². The molecule has 1 aromatic rings. The summed E-state index contributed by atoms with van der Waals surface area (Å²) in [6, 6.07) is 0.690. The predicted molar refractivity (Wildman–Crippen MR) is 84.4 cm³/mol. The van der Waals surface area contributed by atoms with Crippen LogP contribution in [0.1, 0.15) is 30.9 Å². The Labute approximate surface area is 135 Å². The molecule has 1 unspecified atom stereocenters. The number of aryl methyl sites for hydroxylation is 1. The molecule has 124 valence electrons. The van der Waals surface area contributed by atoms with Gasteiger partial charge in [-0.25, -0.2) is 4.79 Å². The first kappa shape index (κ1) is 16.9. The molecule has 0 saturated carbocycles.